The number of carbonyl (C=O) groups excluding carboxylic acids is 2. The molecule has 0 bridgehead atoms. The molecule has 1 fully saturated rings. The van der Waals surface area contributed by atoms with Crippen LogP contribution in [0.5, 0.6) is 0 Å². The van der Waals surface area contributed by atoms with Gasteiger partial charge in [0.05, 0.1) is 6.54 Å². The van der Waals surface area contributed by atoms with E-state index in [4.69, 9.17) is 10.5 Å². The van der Waals surface area contributed by atoms with E-state index in [1.807, 2.05) is 0 Å². The summed E-state index contributed by atoms with van der Waals surface area (Å²) in [6.07, 6.45) is 4.63. The minimum Gasteiger partial charge on any atom is -0.446 e. The highest BCUT2D eigenvalue weighted by Gasteiger charge is 2.30. The predicted octanol–water partition coefficient (Wildman–Crippen LogP) is 0.547. The van der Waals surface area contributed by atoms with Crippen LogP contribution < -0.4 is 5.73 Å². The van der Waals surface area contributed by atoms with Crippen molar-refractivity contribution in [1.29, 1.82) is 0 Å². The van der Waals surface area contributed by atoms with Gasteiger partial charge in [0, 0.05) is 5.92 Å². The van der Waals surface area contributed by atoms with E-state index in [9.17, 15) is 9.59 Å². The maximum Gasteiger partial charge on any atom is 0.418 e. The van der Waals surface area contributed by atoms with Crippen molar-refractivity contribution in [3.63, 3.8) is 0 Å². The van der Waals surface area contributed by atoms with Crippen LogP contribution in [0.2, 0.25) is 0 Å². The molecular weight excluding hydrogens is 182 g/mol. The van der Waals surface area contributed by atoms with Gasteiger partial charge in [-0.05, 0) is 12.8 Å². The van der Waals surface area contributed by atoms with Crippen LogP contribution in [0.1, 0.15) is 32.1 Å². The van der Waals surface area contributed by atoms with Gasteiger partial charge in [0.15, 0.2) is 11.9 Å². The highest BCUT2D eigenvalue weighted by molar-refractivity contribution is 5.85. The van der Waals surface area contributed by atoms with Crippen molar-refractivity contribution in [1.82, 2.24) is 0 Å². The Morgan fingerprint density at radius 3 is 2.57 bits per heavy atom. The third kappa shape index (κ3) is 2.80. The number of rotatable bonds is 5. The Bertz CT molecular complexity index is 200. The Morgan fingerprint density at radius 2 is 2.07 bits per heavy atom. The van der Waals surface area contributed by atoms with Crippen molar-refractivity contribution < 1.29 is 14.3 Å². The zero-order valence-electron chi connectivity index (χ0n) is 8.20. The molecule has 14 heavy (non-hydrogen) atoms. The van der Waals surface area contributed by atoms with E-state index in [-0.39, 0.29) is 18.2 Å². The van der Waals surface area contributed by atoms with E-state index in [1.165, 1.54) is 12.9 Å². The third-order valence-electron chi connectivity index (χ3n) is 2.77. The van der Waals surface area contributed by atoms with Crippen LogP contribution in [0, 0.1) is 5.92 Å². The van der Waals surface area contributed by atoms with Crippen molar-refractivity contribution >= 4 is 12.3 Å². The second kappa shape index (κ2) is 5.75. The first kappa shape index (κ1) is 11.2. The normalized spacial score (nSPS) is 20.1. The number of ether oxygens (including phenoxy) is 1. The Kier molecular flexibility index (Phi) is 4.59. The summed E-state index contributed by atoms with van der Waals surface area (Å²) >= 11 is 0. The largest absolute Gasteiger partial charge is 0.446 e. The van der Waals surface area contributed by atoms with E-state index in [1.54, 1.807) is 0 Å². The van der Waals surface area contributed by atoms with E-state index in [2.05, 4.69) is 0 Å². The minimum atomic E-state index is -0.655. The van der Waals surface area contributed by atoms with Crippen LogP contribution in [-0.4, -0.2) is 24.9 Å². The molecule has 1 saturated carbocycles. The molecule has 0 amide bonds. The maximum atomic E-state index is 11.4. The molecule has 0 saturated heterocycles. The summed E-state index contributed by atoms with van der Waals surface area (Å²) in [6.45, 7) is 1.29. The second-order valence-corrected chi connectivity index (χ2v) is 3.69. The van der Waals surface area contributed by atoms with Gasteiger partial charge < -0.3 is 10.5 Å². The van der Waals surface area contributed by atoms with Gasteiger partial charge >= 0.3 is 6.47 Å². The van der Waals surface area contributed by atoms with Gasteiger partial charge in [0.2, 0.25) is 0 Å². The first-order chi connectivity index (χ1) is 6.79. The van der Waals surface area contributed by atoms with Crippen LogP contribution in [0.25, 0.3) is 0 Å². The Hall–Kier alpha value is -0.900. The van der Waals surface area contributed by atoms with Gasteiger partial charge in [-0.1, -0.05) is 19.3 Å². The lowest BCUT2D eigenvalue weighted by molar-refractivity contribution is -0.128. The topological polar surface area (TPSA) is 69.4 Å². The zero-order chi connectivity index (χ0) is 10.4. The highest BCUT2D eigenvalue weighted by Crippen LogP contribution is 2.28. The molecule has 1 aliphatic carbocycles. The maximum absolute atomic E-state index is 11.4. The number of hydrogen-bond acceptors (Lipinski definition) is 4. The summed E-state index contributed by atoms with van der Waals surface area (Å²) in [5.41, 5.74) is 5.25. The third-order valence-corrected chi connectivity index (χ3v) is 2.77. The van der Waals surface area contributed by atoms with Crippen molar-refractivity contribution in [2.75, 3.05) is 6.54 Å². The molecule has 4 heteroatoms. The van der Waals surface area contributed by atoms with E-state index >= 15 is 0 Å². The average Bonchev–Trinajstić information content (AvgIpc) is 2.26. The van der Waals surface area contributed by atoms with E-state index < -0.39 is 6.10 Å². The van der Waals surface area contributed by atoms with Gasteiger partial charge in [-0.3, -0.25) is 4.79 Å². The second-order valence-electron chi connectivity index (χ2n) is 3.69. The lowest BCUT2D eigenvalue weighted by atomic mass is 9.84. The molecular formula is C10H16NO3. The molecule has 1 rings (SSSR count). The molecule has 0 heterocycles. The smallest absolute Gasteiger partial charge is 0.418 e. The standard InChI is InChI=1S/C10H16NO3/c11-6-9(13)10(14-7-12)8-4-2-1-3-5-8/h8,10H,1-6,11H2. The van der Waals surface area contributed by atoms with Crippen LogP contribution in [0.4, 0.5) is 0 Å². The molecule has 2 N–H and O–H groups in total. The lowest BCUT2D eigenvalue weighted by Gasteiger charge is -2.27. The van der Waals surface area contributed by atoms with Crippen LogP contribution >= 0.6 is 0 Å². The van der Waals surface area contributed by atoms with Crippen molar-refractivity contribution in [3.05, 3.63) is 0 Å². The van der Waals surface area contributed by atoms with Gasteiger partial charge in [-0.25, -0.2) is 4.79 Å². The van der Waals surface area contributed by atoms with Crippen LogP contribution in [0.3, 0.4) is 0 Å². The SMILES string of the molecule is NCC(=O)C(O[C]=O)C1CCCCC1. The Balaban J connectivity index is 2.55. The quantitative estimate of drug-likeness (QED) is 0.700. The summed E-state index contributed by atoms with van der Waals surface area (Å²) in [5.74, 6) is -0.0403. The molecule has 1 atom stereocenters. The number of hydrogen-bond donors (Lipinski definition) is 1. The Labute approximate surface area is 83.8 Å². The number of carbonyl (C=O) groups is 1. The molecule has 0 aromatic carbocycles. The van der Waals surface area contributed by atoms with Crippen molar-refractivity contribution in [2.24, 2.45) is 11.7 Å². The van der Waals surface area contributed by atoms with Gasteiger partial charge in [-0.15, -0.1) is 0 Å². The molecule has 0 aliphatic heterocycles. The minimum absolute atomic E-state index is 0.0666. The molecule has 0 aromatic rings. The van der Waals surface area contributed by atoms with Crippen LogP contribution in [0.15, 0.2) is 0 Å². The van der Waals surface area contributed by atoms with Gasteiger partial charge in [0.25, 0.3) is 0 Å². The molecule has 1 unspecified atom stereocenters. The summed E-state index contributed by atoms with van der Waals surface area (Å²) in [6, 6.07) is 0. The summed E-state index contributed by atoms with van der Waals surface area (Å²) in [5, 5.41) is 0. The lowest BCUT2D eigenvalue weighted by Crippen LogP contribution is -2.37. The summed E-state index contributed by atoms with van der Waals surface area (Å²) in [4.78, 5) is 21.5. The molecule has 1 aliphatic rings. The first-order valence-corrected chi connectivity index (χ1v) is 5.05. The van der Waals surface area contributed by atoms with Gasteiger partial charge in [-0.2, -0.15) is 0 Å². The number of ketones is 1. The number of Topliss-reactive ketones (excluding diaryl/α,β-unsaturated/α-hetero) is 1. The average molecular weight is 198 g/mol. The molecule has 4 nitrogen and oxygen atoms in total. The molecule has 79 valence electrons. The fourth-order valence-electron chi connectivity index (χ4n) is 2.03. The summed E-state index contributed by atoms with van der Waals surface area (Å²) in [7, 11) is 0. The van der Waals surface area contributed by atoms with Gasteiger partial charge in [0.1, 0.15) is 0 Å². The first-order valence-electron chi connectivity index (χ1n) is 5.05. The number of nitrogens with two attached hydrogens (primary N) is 1. The molecule has 0 spiro atoms. The Morgan fingerprint density at radius 1 is 1.43 bits per heavy atom. The fraction of sp³-hybridized carbons (Fsp3) is 0.800. The van der Waals surface area contributed by atoms with Crippen molar-refractivity contribution in [2.45, 2.75) is 38.2 Å². The molecule has 0 aromatic heterocycles. The summed E-state index contributed by atoms with van der Waals surface area (Å²) < 4.78 is 4.70. The van der Waals surface area contributed by atoms with E-state index in [0.717, 1.165) is 25.7 Å². The molecule has 1 radical (unpaired) electrons. The monoisotopic (exact) mass is 198 g/mol. The van der Waals surface area contributed by atoms with Crippen molar-refractivity contribution in [3.8, 4) is 0 Å². The predicted molar refractivity (Wildman–Crippen MR) is 51.2 cm³/mol. The van der Waals surface area contributed by atoms with Crippen LogP contribution in [-0.2, 0) is 14.3 Å². The van der Waals surface area contributed by atoms with E-state index in [0.29, 0.717) is 0 Å². The highest BCUT2D eigenvalue weighted by atomic mass is 16.5. The zero-order valence-corrected chi connectivity index (χ0v) is 8.20. The fourth-order valence-corrected chi connectivity index (χ4v) is 2.03.